The van der Waals surface area contributed by atoms with Gasteiger partial charge in [0.05, 0.1) is 6.10 Å². The molecule has 0 saturated heterocycles. The molecule has 0 bridgehead atoms. The topological polar surface area (TPSA) is 21.3 Å². The molecule has 0 aliphatic rings. The average molecular weight is 173 g/mol. The fraction of sp³-hybridized carbons (Fsp3) is 1.00. The predicted molar refractivity (Wildman–Crippen MR) is 53.5 cm³/mol. The zero-order valence-electron chi connectivity index (χ0n) is 8.89. The van der Waals surface area contributed by atoms with Crippen molar-refractivity contribution < 1.29 is 4.74 Å². The molecule has 0 rings (SSSR count). The first-order valence-corrected chi connectivity index (χ1v) is 4.96. The van der Waals surface area contributed by atoms with E-state index in [0.717, 1.165) is 13.0 Å². The SMILES string of the molecule is CCC(C)NCCCC(C)OC. The highest BCUT2D eigenvalue weighted by atomic mass is 16.5. The molecule has 74 valence electrons. The van der Waals surface area contributed by atoms with Crippen molar-refractivity contribution in [2.45, 2.75) is 52.2 Å². The monoisotopic (exact) mass is 173 g/mol. The Morgan fingerprint density at radius 3 is 2.50 bits per heavy atom. The zero-order valence-corrected chi connectivity index (χ0v) is 8.89. The third-order valence-corrected chi connectivity index (χ3v) is 2.29. The number of hydrogen-bond acceptors (Lipinski definition) is 2. The van der Waals surface area contributed by atoms with Gasteiger partial charge in [-0.15, -0.1) is 0 Å². The summed E-state index contributed by atoms with van der Waals surface area (Å²) in [5.41, 5.74) is 0. The molecule has 2 heteroatoms. The van der Waals surface area contributed by atoms with Gasteiger partial charge in [-0.25, -0.2) is 0 Å². The van der Waals surface area contributed by atoms with Crippen molar-refractivity contribution in [1.82, 2.24) is 5.32 Å². The second-order valence-electron chi connectivity index (χ2n) is 3.45. The second-order valence-corrected chi connectivity index (χ2v) is 3.45. The third-order valence-electron chi connectivity index (χ3n) is 2.29. The number of methoxy groups -OCH3 is 1. The molecule has 0 amide bonds. The van der Waals surface area contributed by atoms with Gasteiger partial charge in [-0.05, 0) is 39.7 Å². The van der Waals surface area contributed by atoms with Gasteiger partial charge in [0.15, 0.2) is 0 Å². The molecular formula is C10H23NO. The van der Waals surface area contributed by atoms with Gasteiger partial charge in [-0.1, -0.05) is 6.92 Å². The van der Waals surface area contributed by atoms with Crippen LogP contribution in [0.15, 0.2) is 0 Å². The fourth-order valence-electron chi connectivity index (χ4n) is 1.00. The summed E-state index contributed by atoms with van der Waals surface area (Å²) >= 11 is 0. The molecular weight excluding hydrogens is 150 g/mol. The summed E-state index contributed by atoms with van der Waals surface area (Å²) in [6, 6.07) is 0.655. The van der Waals surface area contributed by atoms with Crippen molar-refractivity contribution in [3.8, 4) is 0 Å². The Balaban J connectivity index is 3.10. The van der Waals surface area contributed by atoms with Crippen molar-refractivity contribution in [1.29, 1.82) is 0 Å². The van der Waals surface area contributed by atoms with Crippen LogP contribution in [0.5, 0.6) is 0 Å². The van der Waals surface area contributed by atoms with Gasteiger partial charge in [-0.3, -0.25) is 0 Å². The van der Waals surface area contributed by atoms with E-state index in [1.807, 2.05) is 0 Å². The Kier molecular flexibility index (Phi) is 7.51. The Morgan fingerprint density at radius 1 is 1.33 bits per heavy atom. The minimum Gasteiger partial charge on any atom is -0.382 e. The molecule has 0 aliphatic carbocycles. The van der Waals surface area contributed by atoms with E-state index in [9.17, 15) is 0 Å². The molecule has 2 unspecified atom stereocenters. The van der Waals surface area contributed by atoms with Crippen molar-refractivity contribution in [2.75, 3.05) is 13.7 Å². The van der Waals surface area contributed by atoms with Crippen LogP contribution in [0.25, 0.3) is 0 Å². The van der Waals surface area contributed by atoms with Crippen LogP contribution in [0.1, 0.15) is 40.0 Å². The first kappa shape index (κ1) is 11.9. The summed E-state index contributed by atoms with van der Waals surface area (Å²) in [5.74, 6) is 0. The number of hydrogen-bond donors (Lipinski definition) is 1. The number of rotatable bonds is 7. The van der Waals surface area contributed by atoms with E-state index >= 15 is 0 Å². The second kappa shape index (κ2) is 7.56. The summed E-state index contributed by atoms with van der Waals surface area (Å²) in [4.78, 5) is 0. The number of nitrogens with one attached hydrogen (secondary N) is 1. The van der Waals surface area contributed by atoms with Crippen molar-refractivity contribution in [3.63, 3.8) is 0 Å². The Bertz CT molecular complexity index is 83.8. The Morgan fingerprint density at radius 2 is 2.00 bits per heavy atom. The van der Waals surface area contributed by atoms with Crippen LogP contribution < -0.4 is 5.32 Å². The molecule has 0 fully saturated rings. The standard InChI is InChI=1S/C10H23NO/c1-5-9(2)11-8-6-7-10(3)12-4/h9-11H,5-8H2,1-4H3. The first-order chi connectivity index (χ1) is 5.70. The highest BCUT2D eigenvalue weighted by Gasteiger charge is 1.99. The Labute approximate surface area is 76.7 Å². The van der Waals surface area contributed by atoms with Crippen molar-refractivity contribution >= 4 is 0 Å². The first-order valence-electron chi connectivity index (χ1n) is 4.96. The van der Waals surface area contributed by atoms with Crippen LogP contribution in [0.3, 0.4) is 0 Å². The van der Waals surface area contributed by atoms with Crippen LogP contribution in [-0.4, -0.2) is 25.8 Å². The summed E-state index contributed by atoms with van der Waals surface area (Å²) in [6.45, 7) is 7.65. The van der Waals surface area contributed by atoms with Crippen LogP contribution in [0, 0.1) is 0 Å². The average Bonchev–Trinajstić information content (AvgIpc) is 2.11. The molecule has 0 aliphatic heterocycles. The van der Waals surface area contributed by atoms with E-state index in [1.54, 1.807) is 7.11 Å². The van der Waals surface area contributed by atoms with Gasteiger partial charge in [-0.2, -0.15) is 0 Å². The zero-order chi connectivity index (χ0) is 9.40. The van der Waals surface area contributed by atoms with Gasteiger partial charge in [0.25, 0.3) is 0 Å². The molecule has 0 saturated carbocycles. The lowest BCUT2D eigenvalue weighted by atomic mass is 10.2. The lowest BCUT2D eigenvalue weighted by molar-refractivity contribution is 0.109. The maximum absolute atomic E-state index is 5.16. The van der Waals surface area contributed by atoms with Crippen LogP contribution >= 0.6 is 0 Å². The molecule has 1 N–H and O–H groups in total. The van der Waals surface area contributed by atoms with E-state index < -0.39 is 0 Å². The van der Waals surface area contributed by atoms with E-state index in [2.05, 4.69) is 26.1 Å². The Hall–Kier alpha value is -0.0800. The molecule has 0 radical (unpaired) electrons. The van der Waals surface area contributed by atoms with Gasteiger partial charge in [0.1, 0.15) is 0 Å². The van der Waals surface area contributed by atoms with E-state index in [1.165, 1.54) is 12.8 Å². The molecule has 0 aromatic heterocycles. The van der Waals surface area contributed by atoms with Crippen LogP contribution in [0.4, 0.5) is 0 Å². The normalized spacial score (nSPS) is 16.0. The smallest absolute Gasteiger partial charge is 0.0543 e. The fourth-order valence-corrected chi connectivity index (χ4v) is 1.00. The van der Waals surface area contributed by atoms with Gasteiger partial charge in [0, 0.05) is 13.2 Å². The van der Waals surface area contributed by atoms with Crippen LogP contribution in [0.2, 0.25) is 0 Å². The minimum atomic E-state index is 0.406. The molecule has 2 nitrogen and oxygen atoms in total. The molecule has 0 aromatic rings. The van der Waals surface area contributed by atoms with Crippen molar-refractivity contribution in [3.05, 3.63) is 0 Å². The third kappa shape index (κ3) is 6.62. The quantitative estimate of drug-likeness (QED) is 0.596. The molecule has 0 heterocycles. The molecule has 0 spiro atoms. The summed E-state index contributed by atoms with van der Waals surface area (Å²) in [6.07, 6.45) is 3.97. The maximum atomic E-state index is 5.16. The molecule has 0 aromatic carbocycles. The lowest BCUT2D eigenvalue weighted by Crippen LogP contribution is -2.26. The maximum Gasteiger partial charge on any atom is 0.0543 e. The predicted octanol–water partition coefficient (Wildman–Crippen LogP) is 2.19. The highest BCUT2D eigenvalue weighted by Crippen LogP contribution is 1.99. The molecule has 12 heavy (non-hydrogen) atoms. The van der Waals surface area contributed by atoms with Gasteiger partial charge < -0.3 is 10.1 Å². The van der Waals surface area contributed by atoms with E-state index in [-0.39, 0.29) is 0 Å². The minimum absolute atomic E-state index is 0.406. The number of ether oxygens (including phenoxy) is 1. The van der Waals surface area contributed by atoms with Crippen molar-refractivity contribution in [2.24, 2.45) is 0 Å². The summed E-state index contributed by atoms with van der Waals surface area (Å²) in [5, 5.41) is 3.46. The van der Waals surface area contributed by atoms with E-state index in [4.69, 9.17) is 4.74 Å². The van der Waals surface area contributed by atoms with Gasteiger partial charge in [0.2, 0.25) is 0 Å². The van der Waals surface area contributed by atoms with Gasteiger partial charge >= 0.3 is 0 Å². The largest absolute Gasteiger partial charge is 0.382 e. The van der Waals surface area contributed by atoms with E-state index in [0.29, 0.717) is 12.1 Å². The summed E-state index contributed by atoms with van der Waals surface area (Å²) in [7, 11) is 1.77. The summed E-state index contributed by atoms with van der Waals surface area (Å²) < 4.78 is 5.16. The highest BCUT2D eigenvalue weighted by molar-refractivity contribution is 4.58. The lowest BCUT2D eigenvalue weighted by Gasteiger charge is -2.12. The van der Waals surface area contributed by atoms with Crippen LogP contribution in [-0.2, 0) is 4.74 Å². The molecule has 2 atom stereocenters.